The maximum Gasteiger partial charge on any atom is 0.303 e. The van der Waals surface area contributed by atoms with E-state index in [-0.39, 0.29) is 29.4 Å². The summed E-state index contributed by atoms with van der Waals surface area (Å²) >= 11 is 0. The van der Waals surface area contributed by atoms with Gasteiger partial charge in [0.25, 0.3) is 0 Å². The van der Waals surface area contributed by atoms with Crippen LogP contribution in [0.1, 0.15) is 56.9 Å². The Kier molecular flexibility index (Phi) is 5.31. The van der Waals surface area contributed by atoms with E-state index >= 15 is 0 Å². The van der Waals surface area contributed by atoms with Crippen molar-refractivity contribution in [2.24, 2.45) is 5.92 Å². The molecule has 1 aliphatic rings. The molecule has 134 valence electrons. The molecule has 25 heavy (non-hydrogen) atoms. The van der Waals surface area contributed by atoms with Crippen molar-refractivity contribution < 1.29 is 15.0 Å². The lowest BCUT2D eigenvalue weighted by Gasteiger charge is -2.21. The van der Waals surface area contributed by atoms with Crippen LogP contribution >= 0.6 is 0 Å². The Morgan fingerprint density at radius 3 is 2.68 bits per heavy atom. The number of aryl methyl sites for hydroxylation is 1. The van der Waals surface area contributed by atoms with Gasteiger partial charge in [0.2, 0.25) is 5.43 Å². The van der Waals surface area contributed by atoms with Crippen molar-refractivity contribution in [2.75, 3.05) is 0 Å². The van der Waals surface area contributed by atoms with E-state index in [1.807, 2.05) is 0 Å². The van der Waals surface area contributed by atoms with Gasteiger partial charge in [-0.05, 0) is 24.8 Å². The fraction of sp³-hybridized carbons (Fsp3) is 0.556. The van der Waals surface area contributed by atoms with Crippen LogP contribution in [-0.4, -0.2) is 30.8 Å². The molecule has 1 aliphatic carbocycles. The topological polar surface area (TPSA) is 105 Å². The van der Waals surface area contributed by atoms with Gasteiger partial charge in [-0.3, -0.25) is 9.59 Å². The first-order chi connectivity index (χ1) is 12.1. The third-order valence-corrected chi connectivity index (χ3v) is 4.98. The number of carbonyl (C=O) groups is 1. The normalized spacial score (nSPS) is 17.0. The zero-order valence-corrected chi connectivity index (χ0v) is 14.1. The van der Waals surface area contributed by atoms with Gasteiger partial charge in [0, 0.05) is 12.0 Å². The summed E-state index contributed by atoms with van der Waals surface area (Å²) in [5.74, 6) is -0.596. The second-order valence-electron chi connectivity index (χ2n) is 6.76. The highest BCUT2D eigenvalue weighted by Gasteiger charge is 2.16. The zero-order valence-electron chi connectivity index (χ0n) is 14.1. The molecule has 1 fully saturated rings. The standard InChI is InChI=1S/C18H23N3O4/c22-14(8-9-16(24)25)17-15(23)10-13(18-19-11-20-21(17)18)7-6-12-4-2-1-3-5-12/h10-12,22H,1-9H2,(H,24,25). The number of fused-ring (bicyclic) bond motifs is 1. The van der Waals surface area contributed by atoms with Crippen LogP contribution in [-0.2, 0) is 11.2 Å². The number of rotatable bonds is 6. The summed E-state index contributed by atoms with van der Waals surface area (Å²) in [5.41, 5.74) is 1.05. The molecular weight excluding hydrogens is 322 g/mol. The first kappa shape index (κ1) is 17.4. The van der Waals surface area contributed by atoms with E-state index in [4.69, 9.17) is 5.11 Å². The van der Waals surface area contributed by atoms with Crippen LogP contribution in [0.4, 0.5) is 0 Å². The number of pyridine rings is 1. The Morgan fingerprint density at radius 1 is 1.20 bits per heavy atom. The minimum atomic E-state index is -1.03. The second kappa shape index (κ2) is 7.63. The number of carboxylic acids is 1. The summed E-state index contributed by atoms with van der Waals surface area (Å²) in [5, 5.41) is 23.0. The van der Waals surface area contributed by atoms with Crippen molar-refractivity contribution in [3.05, 3.63) is 33.5 Å². The molecule has 0 aromatic carbocycles. The number of nitrogens with zero attached hydrogens (tertiary/aromatic N) is 3. The van der Waals surface area contributed by atoms with Crippen molar-refractivity contribution >= 4 is 17.4 Å². The molecule has 0 amide bonds. The van der Waals surface area contributed by atoms with Gasteiger partial charge in [-0.25, -0.2) is 9.50 Å². The van der Waals surface area contributed by atoms with Crippen LogP contribution in [0.25, 0.3) is 11.4 Å². The Labute approximate surface area is 145 Å². The molecule has 0 atom stereocenters. The third-order valence-electron chi connectivity index (χ3n) is 4.98. The molecule has 1 saturated carbocycles. The van der Waals surface area contributed by atoms with E-state index in [9.17, 15) is 14.7 Å². The highest BCUT2D eigenvalue weighted by Crippen LogP contribution is 2.27. The summed E-state index contributed by atoms with van der Waals surface area (Å²) < 4.78 is 1.34. The monoisotopic (exact) mass is 345 g/mol. The zero-order chi connectivity index (χ0) is 17.8. The van der Waals surface area contributed by atoms with E-state index in [1.165, 1.54) is 49.0 Å². The van der Waals surface area contributed by atoms with Crippen molar-refractivity contribution in [3.8, 4) is 0 Å². The van der Waals surface area contributed by atoms with E-state index < -0.39 is 5.97 Å². The van der Waals surface area contributed by atoms with Crippen LogP contribution in [0.15, 0.2) is 17.2 Å². The average molecular weight is 345 g/mol. The predicted molar refractivity (Wildman–Crippen MR) is 92.3 cm³/mol. The van der Waals surface area contributed by atoms with E-state index in [0.29, 0.717) is 11.6 Å². The minimum absolute atomic E-state index is 0.00941. The van der Waals surface area contributed by atoms with Crippen molar-refractivity contribution in [3.63, 3.8) is 0 Å². The molecule has 2 aromatic heterocycles. The van der Waals surface area contributed by atoms with Crippen LogP contribution in [0, 0.1) is 5.92 Å². The maximum atomic E-state index is 12.5. The van der Waals surface area contributed by atoms with Gasteiger partial charge in [-0.1, -0.05) is 32.1 Å². The fourth-order valence-electron chi connectivity index (χ4n) is 3.65. The SMILES string of the molecule is O=C(O)CCC(O)=c1c(=O)cc(CCC2CCCCC2)c2ncnn12. The van der Waals surface area contributed by atoms with Crippen LogP contribution in [0.3, 0.4) is 0 Å². The molecule has 3 rings (SSSR count). The molecule has 7 nitrogen and oxygen atoms in total. The minimum Gasteiger partial charge on any atom is -0.510 e. The molecule has 2 N–H and O–H groups in total. The smallest absolute Gasteiger partial charge is 0.303 e. The Morgan fingerprint density at radius 2 is 1.96 bits per heavy atom. The van der Waals surface area contributed by atoms with E-state index in [1.54, 1.807) is 0 Å². The molecule has 2 heterocycles. The number of aliphatic hydroxyl groups is 1. The van der Waals surface area contributed by atoms with Crippen molar-refractivity contribution in [2.45, 2.75) is 57.8 Å². The Bertz CT molecular complexity index is 868. The van der Waals surface area contributed by atoms with Gasteiger partial charge in [0.1, 0.15) is 12.1 Å². The summed E-state index contributed by atoms with van der Waals surface area (Å²) in [7, 11) is 0. The fourth-order valence-corrected chi connectivity index (χ4v) is 3.65. The van der Waals surface area contributed by atoms with Crippen LogP contribution < -0.4 is 10.8 Å². The number of hydrogen-bond donors (Lipinski definition) is 2. The molecule has 0 unspecified atom stereocenters. The van der Waals surface area contributed by atoms with E-state index in [2.05, 4.69) is 10.1 Å². The number of carboxylic acid groups (broad SMARTS) is 1. The van der Waals surface area contributed by atoms with Gasteiger partial charge in [-0.15, -0.1) is 0 Å². The number of aromatic nitrogens is 3. The second-order valence-corrected chi connectivity index (χ2v) is 6.76. The van der Waals surface area contributed by atoms with Gasteiger partial charge in [0.15, 0.2) is 11.0 Å². The molecular formula is C18H23N3O4. The molecule has 2 aromatic rings. The van der Waals surface area contributed by atoms with Crippen molar-refractivity contribution in [1.29, 1.82) is 0 Å². The Hall–Kier alpha value is -2.44. The lowest BCUT2D eigenvalue weighted by Crippen LogP contribution is -2.35. The van der Waals surface area contributed by atoms with Gasteiger partial charge in [0.05, 0.1) is 6.42 Å². The summed E-state index contributed by atoms with van der Waals surface area (Å²) in [4.78, 5) is 27.4. The van der Waals surface area contributed by atoms with Crippen molar-refractivity contribution in [1.82, 2.24) is 14.6 Å². The molecule has 0 bridgehead atoms. The lowest BCUT2D eigenvalue weighted by atomic mass is 9.85. The van der Waals surface area contributed by atoms with Crippen LogP contribution in [0.2, 0.25) is 0 Å². The predicted octanol–water partition coefficient (Wildman–Crippen LogP) is 1.85. The first-order valence-corrected chi connectivity index (χ1v) is 8.86. The Balaban J connectivity index is 1.91. The largest absolute Gasteiger partial charge is 0.510 e. The molecule has 0 spiro atoms. The average Bonchev–Trinajstić information content (AvgIpc) is 3.08. The van der Waals surface area contributed by atoms with Gasteiger partial charge >= 0.3 is 5.97 Å². The summed E-state index contributed by atoms with van der Waals surface area (Å²) in [6.45, 7) is 0. The molecule has 7 heteroatoms. The third kappa shape index (κ3) is 3.97. The quantitative estimate of drug-likeness (QED) is 0.828. The number of aliphatic carboxylic acids is 1. The highest BCUT2D eigenvalue weighted by molar-refractivity contribution is 5.68. The van der Waals surface area contributed by atoms with Crippen LogP contribution in [0.5, 0.6) is 0 Å². The van der Waals surface area contributed by atoms with E-state index in [0.717, 1.165) is 18.4 Å². The molecule has 0 radical (unpaired) electrons. The molecule has 0 saturated heterocycles. The van der Waals surface area contributed by atoms with Gasteiger partial charge in [-0.2, -0.15) is 5.10 Å². The maximum absolute atomic E-state index is 12.5. The number of hydrogen-bond acceptors (Lipinski definition) is 5. The van der Waals surface area contributed by atoms with Gasteiger partial charge < -0.3 is 10.2 Å². The number of aliphatic hydroxyl groups excluding tert-OH is 1. The first-order valence-electron chi connectivity index (χ1n) is 8.86. The summed E-state index contributed by atoms with van der Waals surface area (Å²) in [6, 6.07) is 1.51. The lowest BCUT2D eigenvalue weighted by molar-refractivity contribution is -0.136. The summed E-state index contributed by atoms with van der Waals surface area (Å²) in [6.07, 6.45) is 9.15. The highest BCUT2D eigenvalue weighted by atomic mass is 16.4. The molecule has 0 aliphatic heterocycles.